The normalized spacial score (nSPS) is 12.7. The van der Waals surface area contributed by atoms with E-state index in [9.17, 15) is 13.5 Å². The SMILES string of the molecule is CC(C)(c1ccc(OCc2ccnc(NS(C)(=O)=O)n2)cc1)c1ccc(OC[C@H](O)CCl)cc1. The van der Waals surface area contributed by atoms with Gasteiger partial charge in [-0.25, -0.2) is 18.4 Å². The van der Waals surface area contributed by atoms with E-state index in [1.165, 1.54) is 6.20 Å². The molecule has 0 saturated carbocycles. The first-order chi connectivity index (χ1) is 16.1. The van der Waals surface area contributed by atoms with Gasteiger partial charge in [0.15, 0.2) is 0 Å². The maximum absolute atomic E-state index is 11.3. The van der Waals surface area contributed by atoms with Crippen LogP contribution in [0.5, 0.6) is 11.5 Å². The lowest BCUT2D eigenvalue weighted by Gasteiger charge is -2.26. The Morgan fingerprint density at radius 1 is 1.00 bits per heavy atom. The number of hydrogen-bond donors (Lipinski definition) is 2. The second-order valence-corrected chi connectivity index (χ2v) is 10.4. The van der Waals surface area contributed by atoms with E-state index >= 15 is 0 Å². The number of sulfonamides is 1. The van der Waals surface area contributed by atoms with Gasteiger partial charge >= 0.3 is 0 Å². The fraction of sp³-hybridized carbons (Fsp3) is 0.333. The number of alkyl halides is 1. The zero-order valence-corrected chi connectivity index (χ0v) is 20.8. The van der Waals surface area contributed by atoms with E-state index in [1.807, 2.05) is 48.5 Å². The van der Waals surface area contributed by atoms with Gasteiger partial charge in [0.25, 0.3) is 0 Å². The van der Waals surface area contributed by atoms with E-state index in [0.717, 1.165) is 17.4 Å². The van der Waals surface area contributed by atoms with Gasteiger partial charge in [-0.1, -0.05) is 38.1 Å². The van der Waals surface area contributed by atoms with Gasteiger partial charge in [-0.2, -0.15) is 0 Å². The van der Waals surface area contributed by atoms with Gasteiger partial charge in [0.1, 0.15) is 30.8 Å². The van der Waals surface area contributed by atoms with E-state index in [0.29, 0.717) is 17.2 Å². The van der Waals surface area contributed by atoms with Gasteiger partial charge < -0.3 is 14.6 Å². The number of ether oxygens (including phenoxy) is 2. The molecule has 2 N–H and O–H groups in total. The van der Waals surface area contributed by atoms with Crippen molar-refractivity contribution in [2.75, 3.05) is 23.5 Å². The smallest absolute Gasteiger partial charge is 0.236 e. The summed E-state index contributed by atoms with van der Waals surface area (Å²) in [6, 6.07) is 17.2. The fourth-order valence-electron chi connectivity index (χ4n) is 3.19. The van der Waals surface area contributed by atoms with Crippen molar-refractivity contribution >= 4 is 27.6 Å². The van der Waals surface area contributed by atoms with Crippen molar-refractivity contribution in [2.24, 2.45) is 0 Å². The summed E-state index contributed by atoms with van der Waals surface area (Å²) in [6.07, 6.45) is 1.82. The van der Waals surface area contributed by atoms with Crippen LogP contribution in [0.15, 0.2) is 60.8 Å². The first-order valence-electron chi connectivity index (χ1n) is 10.6. The molecule has 8 nitrogen and oxygen atoms in total. The molecule has 1 atom stereocenters. The molecule has 0 amide bonds. The quantitative estimate of drug-likeness (QED) is 0.382. The highest BCUT2D eigenvalue weighted by atomic mass is 35.5. The predicted molar refractivity (Wildman–Crippen MR) is 132 cm³/mol. The van der Waals surface area contributed by atoms with Gasteiger partial charge in [0.2, 0.25) is 16.0 Å². The van der Waals surface area contributed by atoms with Crippen LogP contribution >= 0.6 is 11.6 Å². The maximum atomic E-state index is 11.3. The van der Waals surface area contributed by atoms with Gasteiger partial charge in [0.05, 0.1) is 17.8 Å². The molecule has 0 spiro atoms. The summed E-state index contributed by atoms with van der Waals surface area (Å²) in [5.41, 5.74) is 2.50. The molecule has 0 fully saturated rings. The summed E-state index contributed by atoms with van der Waals surface area (Å²) in [7, 11) is -3.45. The van der Waals surface area contributed by atoms with Gasteiger partial charge in [0, 0.05) is 11.6 Å². The Bertz CT molecular complexity index is 1190. The van der Waals surface area contributed by atoms with Gasteiger partial charge in [-0.3, -0.25) is 4.72 Å². The Balaban J connectivity index is 1.62. The number of aromatic nitrogens is 2. The van der Waals surface area contributed by atoms with Crippen molar-refractivity contribution in [3.8, 4) is 11.5 Å². The number of benzene rings is 2. The van der Waals surface area contributed by atoms with E-state index in [4.69, 9.17) is 21.1 Å². The highest BCUT2D eigenvalue weighted by Crippen LogP contribution is 2.33. The minimum Gasteiger partial charge on any atom is -0.491 e. The monoisotopic (exact) mass is 505 g/mol. The average molecular weight is 506 g/mol. The van der Waals surface area contributed by atoms with Crippen molar-refractivity contribution in [1.29, 1.82) is 0 Å². The molecular weight excluding hydrogens is 478 g/mol. The maximum Gasteiger partial charge on any atom is 0.236 e. The number of aliphatic hydroxyl groups is 1. The summed E-state index contributed by atoms with van der Waals surface area (Å²) >= 11 is 5.59. The summed E-state index contributed by atoms with van der Waals surface area (Å²) in [5, 5.41) is 9.53. The Morgan fingerprint density at radius 2 is 1.56 bits per heavy atom. The average Bonchev–Trinajstić information content (AvgIpc) is 2.81. The van der Waals surface area contributed by atoms with Gasteiger partial charge in [-0.05, 0) is 41.5 Å². The molecule has 0 radical (unpaired) electrons. The van der Waals surface area contributed by atoms with E-state index in [1.54, 1.807) is 6.07 Å². The van der Waals surface area contributed by atoms with Crippen molar-refractivity contribution in [2.45, 2.75) is 32.0 Å². The van der Waals surface area contributed by atoms with E-state index < -0.39 is 16.1 Å². The minimum absolute atomic E-state index is 0.00680. The number of anilines is 1. The third-order valence-corrected chi connectivity index (χ3v) is 6.06. The first-order valence-corrected chi connectivity index (χ1v) is 13.0. The number of nitrogens with zero attached hydrogens (tertiary/aromatic N) is 2. The number of hydrogen-bond acceptors (Lipinski definition) is 7. The van der Waals surface area contributed by atoms with Crippen molar-refractivity contribution < 1.29 is 23.0 Å². The number of nitrogens with one attached hydrogen (secondary N) is 1. The summed E-state index contributed by atoms with van der Waals surface area (Å²) in [4.78, 5) is 8.04. The van der Waals surface area contributed by atoms with E-state index in [2.05, 4.69) is 28.5 Å². The molecule has 0 aliphatic carbocycles. The number of aliphatic hydroxyl groups excluding tert-OH is 1. The van der Waals surface area contributed by atoms with Crippen LogP contribution in [0, 0.1) is 0 Å². The molecule has 182 valence electrons. The van der Waals surface area contributed by atoms with Crippen LogP contribution in [0.25, 0.3) is 0 Å². The molecule has 1 heterocycles. The third kappa shape index (κ3) is 7.31. The van der Waals surface area contributed by atoms with Crippen LogP contribution in [-0.4, -0.2) is 48.3 Å². The van der Waals surface area contributed by atoms with Crippen LogP contribution in [0.4, 0.5) is 5.95 Å². The first kappa shape index (κ1) is 25.7. The lowest BCUT2D eigenvalue weighted by molar-refractivity contribution is 0.125. The van der Waals surface area contributed by atoms with Crippen molar-refractivity contribution in [3.63, 3.8) is 0 Å². The van der Waals surface area contributed by atoms with Crippen LogP contribution in [-0.2, 0) is 22.0 Å². The zero-order chi connectivity index (χ0) is 24.8. The molecule has 0 saturated heterocycles. The zero-order valence-electron chi connectivity index (χ0n) is 19.2. The molecule has 0 aliphatic heterocycles. The molecule has 10 heteroatoms. The Hall–Kier alpha value is -2.88. The standard InChI is InChI=1S/C24H28ClN3O5S/c1-24(2,18-6-10-22(11-7-18)33-16-20(29)14-25)17-4-8-21(9-5-17)32-15-19-12-13-26-23(27-19)28-34(3,30)31/h4-13,20,29H,14-16H2,1-3H3,(H,26,27,28)/t20-/m1/s1. The Morgan fingerprint density at radius 3 is 2.09 bits per heavy atom. The predicted octanol–water partition coefficient (Wildman–Crippen LogP) is 3.73. The largest absolute Gasteiger partial charge is 0.491 e. The van der Waals surface area contributed by atoms with Crippen LogP contribution < -0.4 is 14.2 Å². The molecular formula is C24H28ClN3O5S. The molecule has 0 bridgehead atoms. The molecule has 34 heavy (non-hydrogen) atoms. The molecule has 2 aromatic carbocycles. The Labute approximate surface area is 205 Å². The van der Waals surface area contributed by atoms with Crippen LogP contribution in [0.1, 0.15) is 30.7 Å². The lowest BCUT2D eigenvalue weighted by atomic mass is 9.78. The second kappa shape index (κ2) is 11.0. The van der Waals surface area contributed by atoms with Crippen molar-refractivity contribution in [1.82, 2.24) is 9.97 Å². The van der Waals surface area contributed by atoms with Gasteiger partial charge in [-0.15, -0.1) is 11.6 Å². The summed E-state index contributed by atoms with van der Waals surface area (Å²) in [5.74, 6) is 1.47. The molecule has 0 aliphatic rings. The second-order valence-electron chi connectivity index (χ2n) is 8.33. The van der Waals surface area contributed by atoms with Crippen molar-refractivity contribution in [3.05, 3.63) is 77.6 Å². The molecule has 3 rings (SSSR count). The molecule has 3 aromatic rings. The summed E-state index contributed by atoms with van der Waals surface area (Å²) < 4.78 is 36.3. The highest BCUT2D eigenvalue weighted by Gasteiger charge is 2.23. The number of halogens is 1. The Kier molecular flexibility index (Phi) is 8.35. The molecule has 1 aromatic heterocycles. The number of rotatable bonds is 11. The van der Waals surface area contributed by atoms with E-state index in [-0.39, 0.29) is 30.5 Å². The minimum atomic E-state index is -3.45. The third-order valence-electron chi connectivity index (χ3n) is 5.15. The highest BCUT2D eigenvalue weighted by molar-refractivity contribution is 7.91. The fourth-order valence-corrected chi connectivity index (χ4v) is 3.71. The lowest BCUT2D eigenvalue weighted by Crippen LogP contribution is -2.20. The topological polar surface area (TPSA) is 111 Å². The molecule has 0 unspecified atom stereocenters. The summed E-state index contributed by atoms with van der Waals surface area (Å²) in [6.45, 7) is 4.59. The van der Waals surface area contributed by atoms with Crippen LogP contribution in [0.2, 0.25) is 0 Å². The van der Waals surface area contributed by atoms with Crippen LogP contribution in [0.3, 0.4) is 0 Å².